The molecule has 0 spiro atoms. The summed E-state index contributed by atoms with van der Waals surface area (Å²) in [7, 11) is 0. The van der Waals surface area contributed by atoms with E-state index in [9.17, 15) is 13.6 Å². The predicted octanol–water partition coefficient (Wildman–Crippen LogP) is 3.67. The van der Waals surface area contributed by atoms with Gasteiger partial charge in [-0.05, 0) is 37.3 Å². The molecule has 0 unspecified atom stereocenters. The van der Waals surface area contributed by atoms with Gasteiger partial charge < -0.3 is 4.90 Å². The van der Waals surface area contributed by atoms with Gasteiger partial charge in [-0.2, -0.15) is 0 Å². The molecule has 0 aliphatic rings. The number of rotatable bonds is 5. The lowest BCUT2D eigenvalue weighted by molar-refractivity contribution is 0.0998. The summed E-state index contributed by atoms with van der Waals surface area (Å²) in [6.45, 7) is 2.72. The molecule has 0 atom stereocenters. The summed E-state index contributed by atoms with van der Waals surface area (Å²) in [4.78, 5) is 14.0. The lowest BCUT2D eigenvalue weighted by Gasteiger charge is -2.22. The van der Waals surface area contributed by atoms with Crippen LogP contribution in [0.5, 0.6) is 0 Å². The number of likely N-dealkylation sites (N-methyl/N-ethyl adjacent to an activating group) is 1. The van der Waals surface area contributed by atoms with E-state index < -0.39 is 11.6 Å². The number of halogens is 2. The highest BCUT2D eigenvalue weighted by Crippen LogP contribution is 2.15. The maximum absolute atomic E-state index is 13.1. The third kappa shape index (κ3) is 3.20. The summed E-state index contributed by atoms with van der Waals surface area (Å²) in [5, 5.41) is 0. The zero-order valence-electron chi connectivity index (χ0n) is 11.1. The fourth-order valence-electron chi connectivity index (χ4n) is 1.96. The van der Waals surface area contributed by atoms with Crippen molar-refractivity contribution in [1.82, 2.24) is 0 Å². The van der Waals surface area contributed by atoms with Gasteiger partial charge in [0.05, 0.1) is 6.54 Å². The van der Waals surface area contributed by atoms with Gasteiger partial charge in [0.15, 0.2) is 17.4 Å². The van der Waals surface area contributed by atoms with Crippen molar-refractivity contribution in [2.75, 3.05) is 18.0 Å². The molecule has 2 aromatic carbocycles. The van der Waals surface area contributed by atoms with Crippen LogP contribution in [0.2, 0.25) is 0 Å². The molecule has 0 saturated heterocycles. The summed E-state index contributed by atoms with van der Waals surface area (Å²) in [5.74, 6) is -2.19. The Balaban J connectivity index is 2.15. The van der Waals surface area contributed by atoms with Crippen LogP contribution in [-0.2, 0) is 0 Å². The van der Waals surface area contributed by atoms with Crippen LogP contribution in [0.1, 0.15) is 17.3 Å². The first kappa shape index (κ1) is 14.2. The number of ketones is 1. The van der Waals surface area contributed by atoms with Crippen LogP contribution in [-0.4, -0.2) is 18.9 Å². The number of benzene rings is 2. The van der Waals surface area contributed by atoms with E-state index in [1.807, 2.05) is 42.2 Å². The Morgan fingerprint density at radius 3 is 2.35 bits per heavy atom. The Morgan fingerprint density at radius 1 is 1.05 bits per heavy atom. The van der Waals surface area contributed by atoms with Crippen molar-refractivity contribution in [3.8, 4) is 0 Å². The molecule has 0 aromatic heterocycles. The lowest BCUT2D eigenvalue weighted by atomic mass is 10.1. The van der Waals surface area contributed by atoms with Crippen molar-refractivity contribution in [1.29, 1.82) is 0 Å². The van der Waals surface area contributed by atoms with E-state index in [0.29, 0.717) is 6.54 Å². The van der Waals surface area contributed by atoms with E-state index >= 15 is 0 Å². The number of carbonyl (C=O) groups is 1. The maximum Gasteiger partial charge on any atom is 0.182 e. The number of hydrogen-bond donors (Lipinski definition) is 0. The summed E-state index contributed by atoms with van der Waals surface area (Å²) < 4.78 is 26.0. The van der Waals surface area contributed by atoms with E-state index in [4.69, 9.17) is 0 Å². The fraction of sp³-hybridized carbons (Fsp3) is 0.188. The predicted molar refractivity (Wildman–Crippen MR) is 75.0 cm³/mol. The van der Waals surface area contributed by atoms with E-state index in [1.165, 1.54) is 6.07 Å². The van der Waals surface area contributed by atoms with Gasteiger partial charge in [-0.25, -0.2) is 8.78 Å². The molecule has 0 bridgehead atoms. The van der Waals surface area contributed by atoms with Gasteiger partial charge in [-0.1, -0.05) is 18.2 Å². The van der Waals surface area contributed by atoms with Crippen molar-refractivity contribution < 1.29 is 13.6 Å². The standard InChI is InChI=1S/C16H15F2NO/c1-2-19(13-6-4-3-5-7-13)11-16(20)12-8-9-14(17)15(18)10-12/h3-10H,2,11H2,1H3. The summed E-state index contributed by atoms with van der Waals surface area (Å²) in [5.41, 5.74) is 1.10. The highest BCUT2D eigenvalue weighted by molar-refractivity contribution is 5.99. The molecule has 0 aliphatic heterocycles. The maximum atomic E-state index is 13.1. The third-order valence-electron chi connectivity index (χ3n) is 3.08. The van der Waals surface area contributed by atoms with E-state index in [0.717, 1.165) is 17.8 Å². The second-order valence-electron chi connectivity index (χ2n) is 4.40. The number of carbonyl (C=O) groups excluding carboxylic acids is 1. The van der Waals surface area contributed by atoms with Crippen molar-refractivity contribution in [2.24, 2.45) is 0 Å². The second-order valence-corrected chi connectivity index (χ2v) is 4.40. The molecular weight excluding hydrogens is 260 g/mol. The van der Waals surface area contributed by atoms with Gasteiger partial charge in [0, 0.05) is 17.8 Å². The average Bonchev–Trinajstić information content (AvgIpc) is 2.48. The van der Waals surface area contributed by atoms with Gasteiger partial charge in [-0.15, -0.1) is 0 Å². The van der Waals surface area contributed by atoms with Gasteiger partial charge in [0.2, 0.25) is 0 Å². The number of hydrogen-bond acceptors (Lipinski definition) is 2. The summed E-state index contributed by atoms with van der Waals surface area (Å²) in [6.07, 6.45) is 0. The van der Waals surface area contributed by atoms with Crippen molar-refractivity contribution in [2.45, 2.75) is 6.92 Å². The summed E-state index contributed by atoms with van der Waals surface area (Å²) >= 11 is 0. The first-order valence-corrected chi connectivity index (χ1v) is 6.40. The second kappa shape index (κ2) is 6.28. The highest BCUT2D eigenvalue weighted by atomic mass is 19.2. The van der Waals surface area contributed by atoms with E-state index in [1.54, 1.807) is 0 Å². The average molecular weight is 275 g/mol. The van der Waals surface area contributed by atoms with E-state index in [-0.39, 0.29) is 17.9 Å². The smallest absolute Gasteiger partial charge is 0.182 e. The quantitative estimate of drug-likeness (QED) is 0.776. The molecular formula is C16H15F2NO. The monoisotopic (exact) mass is 275 g/mol. The van der Waals surface area contributed by atoms with Gasteiger partial charge in [-0.3, -0.25) is 4.79 Å². The van der Waals surface area contributed by atoms with Gasteiger partial charge in [0.1, 0.15) is 0 Å². The molecule has 0 aliphatic carbocycles. The number of nitrogens with zero attached hydrogens (tertiary/aromatic N) is 1. The molecule has 104 valence electrons. The lowest BCUT2D eigenvalue weighted by Crippen LogP contribution is -2.29. The molecule has 20 heavy (non-hydrogen) atoms. The van der Waals surface area contributed by atoms with Crippen LogP contribution >= 0.6 is 0 Å². The topological polar surface area (TPSA) is 20.3 Å². The SMILES string of the molecule is CCN(CC(=O)c1ccc(F)c(F)c1)c1ccccc1. The largest absolute Gasteiger partial charge is 0.364 e. The number of anilines is 1. The highest BCUT2D eigenvalue weighted by Gasteiger charge is 2.13. The summed E-state index contributed by atoms with van der Waals surface area (Å²) in [6, 6.07) is 12.7. The van der Waals surface area contributed by atoms with Crippen molar-refractivity contribution in [3.05, 3.63) is 65.7 Å². The van der Waals surface area contributed by atoms with Crippen molar-refractivity contribution >= 4 is 11.5 Å². The number of Topliss-reactive ketones (excluding diaryl/α,β-unsaturated/α-hetero) is 1. The van der Waals surface area contributed by atoms with Gasteiger partial charge in [0.25, 0.3) is 0 Å². The molecule has 0 saturated carbocycles. The van der Waals surface area contributed by atoms with Crippen LogP contribution in [0.15, 0.2) is 48.5 Å². The Morgan fingerprint density at radius 2 is 1.75 bits per heavy atom. The molecule has 4 heteroatoms. The Labute approximate surface area is 116 Å². The zero-order valence-corrected chi connectivity index (χ0v) is 11.1. The normalized spacial score (nSPS) is 10.3. The molecule has 0 heterocycles. The number of para-hydroxylation sites is 1. The Bertz CT molecular complexity index is 599. The Hall–Kier alpha value is -2.23. The van der Waals surface area contributed by atoms with Gasteiger partial charge >= 0.3 is 0 Å². The molecule has 0 N–H and O–H groups in total. The van der Waals surface area contributed by atoms with Crippen LogP contribution < -0.4 is 4.90 Å². The fourth-order valence-corrected chi connectivity index (χ4v) is 1.96. The molecule has 2 nitrogen and oxygen atoms in total. The zero-order chi connectivity index (χ0) is 14.5. The molecule has 2 aromatic rings. The molecule has 0 fully saturated rings. The minimum absolute atomic E-state index is 0.131. The molecule has 0 radical (unpaired) electrons. The first-order valence-electron chi connectivity index (χ1n) is 6.40. The van der Waals surface area contributed by atoms with Crippen LogP contribution in [0.25, 0.3) is 0 Å². The van der Waals surface area contributed by atoms with E-state index in [2.05, 4.69) is 0 Å². The third-order valence-corrected chi connectivity index (χ3v) is 3.08. The van der Waals surface area contributed by atoms with Crippen LogP contribution in [0.4, 0.5) is 14.5 Å². The first-order chi connectivity index (χ1) is 9.61. The molecule has 0 amide bonds. The minimum Gasteiger partial charge on any atom is -0.364 e. The van der Waals surface area contributed by atoms with Crippen LogP contribution in [0.3, 0.4) is 0 Å². The Kier molecular flexibility index (Phi) is 4.45. The van der Waals surface area contributed by atoms with Crippen molar-refractivity contribution in [3.63, 3.8) is 0 Å². The van der Waals surface area contributed by atoms with Crippen LogP contribution in [0, 0.1) is 11.6 Å². The molecule has 2 rings (SSSR count). The minimum atomic E-state index is -1.00.